The monoisotopic (exact) mass is 310 g/mol. The molecule has 1 N–H and O–H groups in total. The predicted molar refractivity (Wildman–Crippen MR) is 89.2 cm³/mol. The van der Waals surface area contributed by atoms with E-state index in [1.807, 2.05) is 6.92 Å². The highest BCUT2D eigenvalue weighted by Crippen LogP contribution is 2.24. The van der Waals surface area contributed by atoms with Crippen LogP contribution in [0.15, 0.2) is 0 Å². The number of halogens is 1. The van der Waals surface area contributed by atoms with Gasteiger partial charge in [-0.15, -0.1) is 0 Å². The van der Waals surface area contributed by atoms with E-state index < -0.39 is 0 Å². The van der Waals surface area contributed by atoms with E-state index in [1.54, 1.807) is 0 Å². The maximum absolute atomic E-state index is 6.22. The molecule has 118 valence electrons. The Morgan fingerprint density at radius 2 is 1.95 bits per heavy atom. The average molecular weight is 311 g/mol. The highest BCUT2D eigenvalue weighted by Gasteiger charge is 2.19. The lowest BCUT2D eigenvalue weighted by Crippen LogP contribution is -2.35. The summed E-state index contributed by atoms with van der Waals surface area (Å²) in [5.41, 5.74) is 0.951. The summed E-state index contributed by atoms with van der Waals surface area (Å²) in [6.07, 6.45) is 2.52. The number of nitrogens with zero attached hydrogens (tertiary/aromatic N) is 3. The molecule has 2 heterocycles. The number of aromatic nitrogens is 2. The number of piperidine rings is 1. The van der Waals surface area contributed by atoms with Gasteiger partial charge in [0.25, 0.3) is 0 Å². The molecule has 0 saturated carbocycles. The number of rotatable bonds is 5. The normalized spacial score (nSPS) is 17.4. The summed E-state index contributed by atoms with van der Waals surface area (Å²) in [7, 11) is 0. The second kappa shape index (κ2) is 7.41. The minimum Gasteiger partial charge on any atom is -0.369 e. The Bertz CT molecular complexity index is 468. The van der Waals surface area contributed by atoms with Gasteiger partial charge in [0.2, 0.25) is 0 Å². The predicted octanol–water partition coefficient (Wildman–Crippen LogP) is 3.71. The summed E-state index contributed by atoms with van der Waals surface area (Å²) >= 11 is 6.22. The fourth-order valence-corrected chi connectivity index (χ4v) is 2.86. The van der Waals surface area contributed by atoms with Crippen molar-refractivity contribution < 1.29 is 0 Å². The van der Waals surface area contributed by atoms with Crippen molar-refractivity contribution in [1.29, 1.82) is 0 Å². The lowest BCUT2D eigenvalue weighted by molar-refractivity contribution is 0.198. The summed E-state index contributed by atoms with van der Waals surface area (Å²) in [6, 6.07) is 0. The van der Waals surface area contributed by atoms with Crippen LogP contribution in [0.3, 0.4) is 0 Å². The van der Waals surface area contributed by atoms with Crippen molar-refractivity contribution in [1.82, 2.24) is 14.9 Å². The molecule has 21 heavy (non-hydrogen) atoms. The van der Waals surface area contributed by atoms with Crippen molar-refractivity contribution in [2.75, 3.05) is 31.5 Å². The number of hydrogen-bond acceptors (Lipinski definition) is 4. The molecule has 0 spiro atoms. The van der Waals surface area contributed by atoms with Crippen LogP contribution < -0.4 is 5.32 Å². The fraction of sp³-hybridized carbons (Fsp3) is 0.750. The molecular weight excluding hydrogens is 284 g/mol. The number of hydrogen-bond donors (Lipinski definition) is 1. The SMILES string of the molecule is CCN1CCC(CNc2nc(C(C)C)nc(Cl)c2C)CC1. The molecule has 0 amide bonds. The van der Waals surface area contributed by atoms with Gasteiger partial charge in [0.15, 0.2) is 0 Å². The van der Waals surface area contributed by atoms with E-state index in [0.717, 1.165) is 29.7 Å². The number of likely N-dealkylation sites (tertiary alicyclic amines) is 1. The molecule has 4 nitrogen and oxygen atoms in total. The largest absolute Gasteiger partial charge is 0.369 e. The minimum atomic E-state index is 0.288. The van der Waals surface area contributed by atoms with Crippen LogP contribution >= 0.6 is 11.6 Å². The smallest absolute Gasteiger partial charge is 0.137 e. The van der Waals surface area contributed by atoms with Crippen molar-refractivity contribution in [2.45, 2.75) is 46.5 Å². The minimum absolute atomic E-state index is 0.288. The maximum Gasteiger partial charge on any atom is 0.137 e. The Hall–Kier alpha value is -0.870. The lowest BCUT2D eigenvalue weighted by Gasteiger charge is -2.31. The first-order chi connectivity index (χ1) is 10.0. The fourth-order valence-electron chi connectivity index (χ4n) is 2.68. The molecule has 0 radical (unpaired) electrons. The van der Waals surface area contributed by atoms with Crippen LogP contribution in [-0.2, 0) is 0 Å². The van der Waals surface area contributed by atoms with Gasteiger partial charge < -0.3 is 10.2 Å². The molecule has 5 heteroatoms. The molecule has 1 saturated heterocycles. The third-order valence-electron chi connectivity index (χ3n) is 4.33. The summed E-state index contributed by atoms with van der Waals surface area (Å²) in [6.45, 7) is 13.0. The van der Waals surface area contributed by atoms with Gasteiger partial charge in [-0.2, -0.15) is 0 Å². The van der Waals surface area contributed by atoms with Crippen molar-refractivity contribution in [3.8, 4) is 0 Å². The first kappa shape index (κ1) is 16.5. The summed E-state index contributed by atoms with van der Waals surface area (Å²) in [5.74, 6) is 2.73. The zero-order valence-electron chi connectivity index (χ0n) is 13.6. The Morgan fingerprint density at radius 1 is 1.29 bits per heavy atom. The van der Waals surface area contributed by atoms with Crippen LogP contribution in [0.4, 0.5) is 5.82 Å². The molecule has 1 aliphatic rings. The van der Waals surface area contributed by atoms with Gasteiger partial charge in [-0.25, -0.2) is 9.97 Å². The standard InChI is InChI=1S/C16H27ClN4/c1-5-21-8-6-13(7-9-21)10-18-16-12(4)14(17)19-15(20-16)11(2)3/h11,13H,5-10H2,1-4H3,(H,18,19,20). The van der Waals surface area contributed by atoms with Crippen LogP contribution in [0.2, 0.25) is 5.15 Å². The van der Waals surface area contributed by atoms with E-state index in [0.29, 0.717) is 5.15 Å². The second-order valence-corrected chi connectivity index (χ2v) is 6.62. The molecule has 1 fully saturated rings. The van der Waals surface area contributed by atoms with Crippen LogP contribution in [-0.4, -0.2) is 41.0 Å². The topological polar surface area (TPSA) is 41.0 Å². The summed E-state index contributed by atoms with van der Waals surface area (Å²) < 4.78 is 0. The van der Waals surface area contributed by atoms with Gasteiger partial charge in [0.05, 0.1) is 0 Å². The molecular formula is C16H27ClN4. The first-order valence-corrected chi connectivity index (χ1v) is 8.39. The molecule has 2 rings (SSSR count). The van der Waals surface area contributed by atoms with Crippen molar-refractivity contribution in [2.24, 2.45) is 5.92 Å². The number of anilines is 1. The average Bonchev–Trinajstić information content (AvgIpc) is 2.49. The Balaban J connectivity index is 1.97. The maximum atomic E-state index is 6.22. The summed E-state index contributed by atoms with van der Waals surface area (Å²) in [4.78, 5) is 11.5. The molecule has 0 aromatic carbocycles. The Kier molecular flexibility index (Phi) is 5.82. The zero-order valence-corrected chi connectivity index (χ0v) is 14.4. The van der Waals surface area contributed by atoms with Gasteiger partial charge in [0, 0.05) is 18.0 Å². The molecule has 0 unspecified atom stereocenters. The van der Waals surface area contributed by atoms with E-state index in [1.165, 1.54) is 32.5 Å². The van der Waals surface area contributed by atoms with Crippen LogP contribution in [0, 0.1) is 12.8 Å². The highest BCUT2D eigenvalue weighted by atomic mass is 35.5. The zero-order chi connectivity index (χ0) is 15.4. The Labute approximate surface area is 133 Å². The molecule has 0 atom stereocenters. The van der Waals surface area contributed by atoms with Gasteiger partial charge in [-0.3, -0.25) is 0 Å². The number of nitrogens with one attached hydrogen (secondary N) is 1. The third kappa shape index (κ3) is 4.30. The van der Waals surface area contributed by atoms with Crippen molar-refractivity contribution in [3.63, 3.8) is 0 Å². The molecule has 0 bridgehead atoms. The Morgan fingerprint density at radius 3 is 2.52 bits per heavy atom. The van der Waals surface area contributed by atoms with E-state index in [4.69, 9.17) is 11.6 Å². The third-order valence-corrected chi connectivity index (χ3v) is 4.70. The van der Waals surface area contributed by atoms with Gasteiger partial charge >= 0.3 is 0 Å². The van der Waals surface area contributed by atoms with Crippen molar-refractivity contribution in [3.05, 3.63) is 16.5 Å². The lowest BCUT2D eigenvalue weighted by atomic mass is 9.97. The molecule has 1 aliphatic heterocycles. The first-order valence-electron chi connectivity index (χ1n) is 8.01. The van der Waals surface area contributed by atoms with Gasteiger partial charge in [0.1, 0.15) is 16.8 Å². The van der Waals surface area contributed by atoms with Crippen LogP contribution in [0.1, 0.15) is 50.9 Å². The van der Waals surface area contributed by atoms with Crippen molar-refractivity contribution >= 4 is 17.4 Å². The molecule has 1 aromatic rings. The quantitative estimate of drug-likeness (QED) is 0.842. The second-order valence-electron chi connectivity index (χ2n) is 6.26. The highest BCUT2D eigenvalue weighted by molar-refractivity contribution is 6.30. The van der Waals surface area contributed by atoms with E-state index in [2.05, 4.69) is 41.0 Å². The molecule has 0 aliphatic carbocycles. The van der Waals surface area contributed by atoms with E-state index in [9.17, 15) is 0 Å². The van der Waals surface area contributed by atoms with E-state index >= 15 is 0 Å². The molecule has 1 aromatic heterocycles. The summed E-state index contributed by atoms with van der Waals surface area (Å²) in [5, 5.41) is 4.06. The van der Waals surface area contributed by atoms with Gasteiger partial charge in [-0.05, 0) is 45.3 Å². The van der Waals surface area contributed by atoms with Crippen LogP contribution in [0.5, 0.6) is 0 Å². The van der Waals surface area contributed by atoms with E-state index in [-0.39, 0.29) is 5.92 Å². The van der Waals surface area contributed by atoms with Gasteiger partial charge in [-0.1, -0.05) is 32.4 Å². The van der Waals surface area contributed by atoms with Crippen LogP contribution in [0.25, 0.3) is 0 Å².